The Morgan fingerprint density at radius 2 is 1.82 bits per heavy atom. The Bertz CT molecular complexity index is 139. The summed E-state index contributed by atoms with van der Waals surface area (Å²) >= 11 is 0. The second kappa shape index (κ2) is 3.87. The lowest BCUT2D eigenvalue weighted by Gasteiger charge is -2.21. The fraction of sp³-hybridized carbons (Fsp3) is 0.857. The summed E-state index contributed by atoms with van der Waals surface area (Å²) in [6.45, 7) is 7.81. The van der Waals surface area contributed by atoms with Crippen LogP contribution in [-0.2, 0) is 14.0 Å². The molecule has 0 radical (unpaired) electrons. The van der Waals surface area contributed by atoms with Crippen LogP contribution in [0.1, 0.15) is 6.92 Å². The highest BCUT2D eigenvalue weighted by Crippen LogP contribution is 2.07. The molecule has 0 aliphatic heterocycles. The Balaban J connectivity index is 3.87. The van der Waals surface area contributed by atoms with Crippen LogP contribution in [0.4, 0.5) is 0 Å². The second-order valence-electron chi connectivity index (χ2n) is 3.40. The molecule has 0 spiro atoms. The van der Waals surface area contributed by atoms with Crippen LogP contribution >= 0.6 is 0 Å². The summed E-state index contributed by atoms with van der Waals surface area (Å²) in [4.78, 5) is 10.9. The van der Waals surface area contributed by atoms with Crippen LogP contribution in [0.3, 0.4) is 0 Å². The van der Waals surface area contributed by atoms with Gasteiger partial charge in [0, 0.05) is 0 Å². The molecule has 66 valence electrons. The lowest BCUT2D eigenvalue weighted by Crippen LogP contribution is -2.35. The fourth-order valence-corrected chi connectivity index (χ4v) is 1.90. The molecular formula is C7H16O3Si. The van der Waals surface area contributed by atoms with Crippen LogP contribution in [0.25, 0.3) is 0 Å². The van der Waals surface area contributed by atoms with Gasteiger partial charge >= 0.3 is 5.97 Å². The largest absolute Gasteiger partial charge is 0.467 e. The van der Waals surface area contributed by atoms with Crippen molar-refractivity contribution in [3.8, 4) is 0 Å². The molecule has 0 saturated carbocycles. The van der Waals surface area contributed by atoms with Crippen molar-refractivity contribution in [1.82, 2.24) is 0 Å². The van der Waals surface area contributed by atoms with Crippen LogP contribution < -0.4 is 0 Å². The van der Waals surface area contributed by atoms with Gasteiger partial charge in [0.2, 0.25) is 0 Å². The van der Waals surface area contributed by atoms with Crippen molar-refractivity contribution in [2.45, 2.75) is 32.7 Å². The lowest BCUT2D eigenvalue weighted by molar-refractivity contribution is -0.148. The Morgan fingerprint density at radius 1 is 1.36 bits per heavy atom. The van der Waals surface area contributed by atoms with Gasteiger partial charge in [-0.05, 0) is 26.6 Å². The number of hydrogen-bond donors (Lipinski definition) is 0. The van der Waals surface area contributed by atoms with Gasteiger partial charge in [-0.1, -0.05) is 0 Å². The predicted molar refractivity (Wildman–Crippen MR) is 45.9 cm³/mol. The molecule has 4 heteroatoms. The van der Waals surface area contributed by atoms with Crippen molar-refractivity contribution in [2.24, 2.45) is 0 Å². The quantitative estimate of drug-likeness (QED) is 0.481. The molecule has 0 aromatic carbocycles. The SMILES string of the molecule is COC(=O)C(C)O[Si](C)(C)C. The number of rotatable bonds is 3. The maximum absolute atomic E-state index is 10.9. The van der Waals surface area contributed by atoms with Crippen molar-refractivity contribution in [2.75, 3.05) is 7.11 Å². The van der Waals surface area contributed by atoms with E-state index < -0.39 is 14.4 Å². The smallest absolute Gasteiger partial charge is 0.333 e. The summed E-state index contributed by atoms with van der Waals surface area (Å²) in [5.74, 6) is -0.299. The Hall–Kier alpha value is -0.353. The van der Waals surface area contributed by atoms with Gasteiger partial charge < -0.3 is 9.16 Å². The topological polar surface area (TPSA) is 35.5 Å². The highest BCUT2D eigenvalue weighted by Gasteiger charge is 2.22. The van der Waals surface area contributed by atoms with E-state index in [2.05, 4.69) is 4.74 Å². The third kappa shape index (κ3) is 4.98. The van der Waals surface area contributed by atoms with Crippen molar-refractivity contribution in [3.05, 3.63) is 0 Å². The van der Waals surface area contributed by atoms with Gasteiger partial charge in [-0.25, -0.2) is 4.79 Å². The van der Waals surface area contributed by atoms with E-state index in [4.69, 9.17) is 4.43 Å². The van der Waals surface area contributed by atoms with Crippen LogP contribution in [0.2, 0.25) is 19.6 Å². The molecule has 0 amide bonds. The average Bonchev–Trinajstić information content (AvgIpc) is 1.82. The molecule has 0 aromatic rings. The summed E-state index contributed by atoms with van der Waals surface area (Å²) in [7, 11) is -0.233. The first-order valence-corrected chi connectivity index (χ1v) is 7.03. The van der Waals surface area contributed by atoms with Gasteiger partial charge in [-0.3, -0.25) is 0 Å². The van der Waals surface area contributed by atoms with Gasteiger partial charge in [0.15, 0.2) is 8.32 Å². The molecule has 0 aliphatic rings. The van der Waals surface area contributed by atoms with Gasteiger partial charge in [0.05, 0.1) is 7.11 Å². The van der Waals surface area contributed by atoms with Crippen molar-refractivity contribution in [1.29, 1.82) is 0 Å². The lowest BCUT2D eigenvalue weighted by atomic mass is 10.4. The molecule has 0 fully saturated rings. The normalized spacial score (nSPS) is 14.3. The molecule has 11 heavy (non-hydrogen) atoms. The van der Waals surface area contributed by atoms with E-state index in [0.717, 1.165) is 0 Å². The number of carbonyl (C=O) groups is 1. The number of esters is 1. The van der Waals surface area contributed by atoms with E-state index in [9.17, 15) is 4.79 Å². The Labute approximate surface area is 68.8 Å². The molecule has 1 unspecified atom stereocenters. The number of hydrogen-bond acceptors (Lipinski definition) is 3. The first-order chi connectivity index (χ1) is 4.87. The summed E-state index contributed by atoms with van der Waals surface area (Å²) in [5.41, 5.74) is 0. The molecule has 0 saturated heterocycles. The standard InChI is InChI=1S/C7H16O3Si/c1-6(7(8)9-2)10-11(3,4)5/h6H,1-5H3. The third-order valence-electron chi connectivity index (χ3n) is 1.06. The molecule has 0 aromatic heterocycles. The minimum absolute atomic E-state index is 0.299. The van der Waals surface area contributed by atoms with E-state index in [1.807, 2.05) is 19.6 Å². The number of methoxy groups -OCH3 is 1. The zero-order chi connectivity index (χ0) is 9.07. The molecule has 0 rings (SSSR count). The van der Waals surface area contributed by atoms with Crippen LogP contribution in [0, 0.1) is 0 Å². The zero-order valence-corrected chi connectivity index (χ0v) is 8.80. The molecule has 0 aliphatic carbocycles. The average molecular weight is 176 g/mol. The first-order valence-electron chi connectivity index (χ1n) is 3.62. The van der Waals surface area contributed by atoms with E-state index >= 15 is 0 Å². The zero-order valence-electron chi connectivity index (χ0n) is 7.80. The Morgan fingerprint density at radius 3 is 2.09 bits per heavy atom. The van der Waals surface area contributed by atoms with Crippen LogP contribution in [0.5, 0.6) is 0 Å². The molecule has 1 atom stereocenters. The predicted octanol–water partition coefficient (Wildman–Crippen LogP) is 1.40. The van der Waals surface area contributed by atoms with Gasteiger partial charge in [0.1, 0.15) is 6.10 Å². The highest BCUT2D eigenvalue weighted by atomic mass is 28.4. The van der Waals surface area contributed by atoms with E-state index in [0.29, 0.717) is 0 Å². The van der Waals surface area contributed by atoms with E-state index in [1.165, 1.54) is 7.11 Å². The molecule has 0 bridgehead atoms. The van der Waals surface area contributed by atoms with Crippen LogP contribution in [0.15, 0.2) is 0 Å². The van der Waals surface area contributed by atoms with E-state index in [1.54, 1.807) is 6.92 Å². The van der Waals surface area contributed by atoms with Gasteiger partial charge in [-0.2, -0.15) is 0 Å². The molecule has 3 nitrogen and oxygen atoms in total. The van der Waals surface area contributed by atoms with Gasteiger partial charge in [0.25, 0.3) is 0 Å². The summed E-state index contributed by atoms with van der Waals surface area (Å²) in [6, 6.07) is 0. The highest BCUT2D eigenvalue weighted by molar-refractivity contribution is 6.69. The second-order valence-corrected chi connectivity index (χ2v) is 7.86. The number of carbonyl (C=O) groups excluding carboxylic acids is 1. The monoisotopic (exact) mass is 176 g/mol. The Kier molecular flexibility index (Phi) is 3.75. The number of ether oxygens (including phenoxy) is 1. The summed E-state index contributed by atoms with van der Waals surface area (Å²) < 4.78 is 9.97. The summed E-state index contributed by atoms with van der Waals surface area (Å²) in [5, 5.41) is 0. The fourth-order valence-electron chi connectivity index (χ4n) is 0.744. The minimum Gasteiger partial charge on any atom is -0.467 e. The van der Waals surface area contributed by atoms with Crippen molar-refractivity contribution in [3.63, 3.8) is 0 Å². The van der Waals surface area contributed by atoms with Crippen molar-refractivity contribution >= 4 is 14.3 Å². The third-order valence-corrected chi connectivity index (χ3v) is 2.12. The molecular weight excluding hydrogens is 160 g/mol. The van der Waals surface area contributed by atoms with Crippen molar-refractivity contribution < 1.29 is 14.0 Å². The van der Waals surface area contributed by atoms with Crippen LogP contribution in [-0.4, -0.2) is 27.5 Å². The maximum atomic E-state index is 10.9. The minimum atomic E-state index is -1.60. The van der Waals surface area contributed by atoms with Gasteiger partial charge in [-0.15, -0.1) is 0 Å². The maximum Gasteiger partial charge on any atom is 0.333 e. The van der Waals surface area contributed by atoms with E-state index in [-0.39, 0.29) is 5.97 Å². The first kappa shape index (κ1) is 10.6. The summed E-state index contributed by atoms with van der Waals surface area (Å²) in [6.07, 6.45) is -0.424. The molecule has 0 N–H and O–H groups in total. The molecule has 0 heterocycles.